The Bertz CT molecular complexity index is 695. The number of aryl methyl sites for hydroxylation is 2. The van der Waals surface area contributed by atoms with Gasteiger partial charge in [-0.2, -0.15) is 0 Å². The van der Waals surface area contributed by atoms with Gasteiger partial charge in [-0.3, -0.25) is 9.59 Å². The molecule has 0 radical (unpaired) electrons. The second-order valence-electron chi connectivity index (χ2n) is 5.49. The van der Waals surface area contributed by atoms with E-state index in [9.17, 15) is 9.59 Å². The Morgan fingerprint density at radius 3 is 2.18 bits per heavy atom. The number of aromatic nitrogens is 1. The fourth-order valence-electron chi connectivity index (χ4n) is 2.23. The predicted octanol–water partition coefficient (Wildman–Crippen LogP) is 2.89. The van der Waals surface area contributed by atoms with Crippen LogP contribution in [0.3, 0.4) is 0 Å². The first-order chi connectivity index (χ1) is 10.5. The van der Waals surface area contributed by atoms with Crippen molar-refractivity contribution in [1.82, 2.24) is 5.16 Å². The van der Waals surface area contributed by atoms with E-state index in [-0.39, 0.29) is 17.7 Å². The van der Waals surface area contributed by atoms with Gasteiger partial charge in [-0.25, -0.2) is 0 Å². The summed E-state index contributed by atoms with van der Waals surface area (Å²) < 4.78 is 4.99. The Morgan fingerprint density at radius 1 is 1.09 bits per heavy atom. The average molecular weight is 299 g/mol. The van der Waals surface area contributed by atoms with Crippen molar-refractivity contribution < 1.29 is 14.1 Å². The van der Waals surface area contributed by atoms with Gasteiger partial charge in [0, 0.05) is 17.3 Å². The number of carbonyl (C=O) groups excluding carboxylic acids is 2. The van der Waals surface area contributed by atoms with Crippen molar-refractivity contribution in [2.24, 2.45) is 5.92 Å². The van der Waals surface area contributed by atoms with E-state index in [2.05, 4.69) is 15.8 Å². The highest BCUT2D eigenvalue weighted by Crippen LogP contribution is 2.30. The van der Waals surface area contributed by atoms with Gasteiger partial charge in [0.25, 0.3) is 5.91 Å². The van der Waals surface area contributed by atoms with E-state index in [1.165, 1.54) is 0 Å². The number of benzene rings is 1. The average Bonchev–Trinajstić information content (AvgIpc) is 3.27. The number of anilines is 2. The van der Waals surface area contributed by atoms with E-state index in [1.807, 2.05) is 0 Å². The fraction of sp³-hybridized carbons (Fsp3) is 0.312. The summed E-state index contributed by atoms with van der Waals surface area (Å²) in [5, 5.41) is 9.41. The second kappa shape index (κ2) is 5.63. The number of rotatable bonds is 4. The molecule has 1 heterocycles. The molecule has 2 N–H and O–H groups in total. The third kappa shape index (κ3) is 3.00. The molecule has 3 rings (SSSR count). The van der Waals surface area contributed by atoms with Crippen molar-refractivity contribution in [3.8, 4) is 0 Å². The molecule has 2 aromatic rings. The Morgan fingerprint density at radius 2 is 1.68 bits per heavy atom. The van der Waals surface area contributed by atoms with Gasteiger partial charge in [0.15, 0.2) is 0 Å². The van der Waals surface area contributed by atoms with Gasteiger partial charge >= 0.3 is 0 Å². The minimum Gasteiger partial charge on any atom is -0.361 e. The van der Waals surface area contributed by atoms with Crippen LogP contribution in [0.1, 0.15) is 34.7 Å². The fourth-order valence-corrected chi connectivity index (χ4v) is 2.23. The second-order valence-corrected chi connectivity index (χ2v) is 5.49. The molecule has 0 aliphatic heterocycles. The molecule has 22 heavy (non-hydrogen) atoms. The van der Waals surface area contributed by atoms with E-state index < -0.39 is 0 Å². The van der Waals surface area contributed by atoms with E-state index in [4.69, 9.17) is 4.52 Å². The Hall–Kier alpha value is -2.63. The van der Waals surface area contributed by atoms with Crippen molar-refractivity contribution in [3.05, 3.63) is 41.3 Å². The lowest BCUT2D eigenvalue weighted by molar-refractivity contribution is -0.117. The first-order valence-corrected chi connectivity index (χ1v) is 7.20. The highest BCUT2D eigenvalue weighted by molar-refractivity contribution is 6.05. The van der Waals surface area contributed by atoms with E-state index in [0.29, 0.717) is 22.7 Å². The largest absolute Gasteiger partial charge is 0.361 e. The SMILES string of the molecule is Cc1noc(C)c1C(=O)Nc1ccc(NC(=O)C2CC2)cc1. The van der Waals surface area contributed by atoms with Crippen LogP contribution in [0.4, 0.5) is 11.4 Å². The van der Waals surface area contributed by atoms with E-state index in [0.717, 1.165) is 18.5 Å². The van der Waals surface area contributed by atoms with Crippen LogP contribution in [0, 0.1) is 19.8 Å². The summed E-state index contributed by atoms with van der Waals surface area (Å²) in [6.45, 7) is 3.42. The lowest BCUT2D eigenvalue weighted by Gasteiger charge is -2.07. The zero-order valence-corrected chi connectivity index (χ0v) is 12.5. The number of carbonyl (C=O) groups is 2. The highest BCUT2D eigenvalue weighted by Gasteiger charge is 2.29. The molecule has 0 spiro atoms. The number of hydrogen-bond donors (Lipinski definition) is 2. The van der Waals surface area contributed by atoms with E-state index >= 15 is 0 Å². The summed E-state index contributed by atoms with van der Waals surface area (Å²) in [7, 11) is 0. The van der Waals surface area contributed by atoms with Gasteiger partial charge in [-0.05, 0) is 51.0 Å². The molecule has 0 atom stereocenters. The number of nitrogens with one attached hydrogen (secondary N) is 2. The minimum absolute atomic E-state index is 0.0625. The quantitative estimate of drug-likeness (QED) is 0.909. The van der Waals surface area contributed by atoms with Crippen molar-refractivity contribution >= 4 is 23.2 Å². The first kappa shape index (κ1) is 14.3. The third-order valence-electron chi connectivity index (χ3n) is 3.62. The molecular weight excluding hydrogens is 282 g/mol. The van der Waals surface area contributed by atoms with Crippen LogP contribution < -0.4 is 10.6 Å². The molecule has 6 nitrogen and oxygen atoms in total. The van der Waals surface area contributed by atoms with Gasteiger partial charge < -0.3 is 15.2 Å². The summed E-state index contributed by atoms with van der Waals surface area (Å²) in [5.41, 5.74) is 2.39. The molecule has 6 heteroatoms. The maximum atomic E-state index is 12.2. The molecule has 0 bridgehead atoms. The molecule has 1 aromatic carbocycles. The summed E-state index contributed by atoms with van der Waals surface area (Å²) in [5.74, 6) is 0.459. The first-order valence-electron chi connectivity index (χ1n) is 7.20. The highest BCUT2D eigenvalue weighted by atomic mass is 16.5. The van der Waals surface area contributed by atoms with Gasteiger partial charge in [0.2, 0.25) is 5.91 Å². The van der Waals surface area contributed by atoms with Gasteiger partial charge in [0.1, 0.15) is 11.3 Å². The molecule has 1 aromatic heterocycles. The van der Waals surface area contributed by atoms with Crippen molar-refractivity contribution in [2.45, 2.75) is 26.7 Å². The number of hydrogen-bond acceptors (Lipinski definition) is 4. The molecule has 114 valence electrons. The molecular formula is C16H17N3O3. The van der Waals surface area contributed by atoms with Crippen LogP contribution in [0.5, 0.6) is 0 Å². The number of nitrogens with zero attached hydrogens (tertiary/aromatic N) is 1. The van der Waals surface area contributed by atoms with Gasteiger partial charge in [-0.1, -0.05) is 5.16 Å². The molecule has 1 aliphatic rings. The van der Waals surface area contributed by atoms with Crippen LogP contribution in [0.15, 0.2) is 28.8 Å². The molecule has 2 amide bonds. The van der Waals surface area contributed by atoms with Gasteiger partial charge in [-0.15, -0.1) is 0 Å². The molecule has 1 fully saturated rings. The lowest BCUT2D eigenvalue weighted by Crippen LogP contribution is -2.14. The zero-order valence-electron chi connectivity index (χ0n) is 12.5. The summed E-state index contributed by atoms with van der Waals surface area (Å²) in [6.07, 6.45) is 1.94. The van der Waals surface area contributed by atoms with Crippen LogP contribution in [-0.2, 0) is 4.79 Å². The van der Waals surface area contributed by atoms with Crippen LogP contribution >= 0.6 is 0 Å². The topological polar surface area (TPSA) is 84.2 Å². The molecule has 0 saturated heterocycles. The van der Waals surface area contributed by atoms with Crippen molar-refractivity contribution in [3.63, 3.8) is 0 Å². The summed E-state index contributed by atoms with van der Waals surface area (Å²) >= 11 is 0. The standard InChI is InChI=1S/C16H17N3O3/c1-9-14(10(2)22-19-9)16(21)18-13-7-5-12(6-8-13)17-15(20)11-3-4-11/h5-8,11H,3-4H2,1-2H3,(H,17,20)(H,18,21). The normalized spacial score (nSPS) is 13.7. The van der Waals surface area contributed by atoms with Crippen LogP contribution in [0.2, 0.25) is 0 Å². The van der Waals surface area contributed by atoms with Crippen LogP contribution in [-0.4, -0.2) is 17.0 Å². The Labute approximate surface area is 127 Å². The van der Waals surface area contributed by atoms with E-state index in [1.54, 1.807) is 38.1 Å². The minimum atomic E-state index is -0.258. The molecule has 1 saturated carbocycles. The van der Waals surface area contributed by atoms with Gasteiger partial charge in [0.05, 0.1) is 5.69 Å². The Kier molecular flexibility index (Phi) is 3.66. The van der Waals surface area contributed by atoms with Crippen molar-refractivity contribution in [2.75, 3.05) is 10.6 Å². The smallest absolute Gasteiger partial charge is 0.261 e. The molecule has 1 aliphatic carbocycles. The summed E-state index contributed by atoms with van der Waals surface area (Å²) in [4.78, 5) is 23.9. The molecule has 0 unspecified atom stereocenters. The number of amides is 2. The summed E-state index contributed by atoms with van der Waals surface area (Å²) in [6, 6.07) is 7.03. The van der Waals surface area contributed by atoms with Crippen molar-refractivity contribution in [1.29, 1.82) is 0 Å². The van der Waals surface area contributed by atoms with Crippen LogP contribution in [0.25, 0.3) is 0 Å². The lowest BCUT2D eigenvalue weighted by atomic mass is 10.2. The monoisotopic (exact) mass is 299 g/mol. The zero-order chi connectivity index (χ0) is 15.7. The predicted molar refractivity (Wildman–Crippen MR) is 81.7 cm³/mol. The Balaban J connectivity index is 1.65. The maximum absolute atomic E-state index is 12.2. The maximum Gasteiger partial charge on any atom is 0.261 e. The third-order valence-corrected chi connectivity index (χ3v) is 3.62.